The van der Waals surface area contributed by atoms with Crippen molar-refractivity contribution in [3.8, 4) is 0 Å². The van der Waals surface area contributed by atoms with E-state index < -0.39 is 6.04 Å². The van der Waals surface area contributed by atoms with Gasteiger partial charge in [0.05, 0.1) is 0 Å². The van der Waals surface area contributed by atoms with Gasteiger partial charge in [-0.25, -0.2) is 0 Å². The second kappa shape index (κ2) is 7.21. The number of aromatic amines is 1. The maximum absolute atomic E-state index is 12.7. The van der Waals surface area contributed by atoms with E-state index in [4.69, 9.17) is 0 Å². The van der Waals surface area contributed by atoms with Crippen LogP contribution in [0.3, 0.4) is 0 Å². The van der Waals surface area contributed by atoms with Gasteiger partial charge in [-0.3, -0.25) is 9.59 Å². The van der Waals surface area contributed by atoms with Crippen molar-refractivity contribution in [1.82, 2.24) is 10.3 Å². The van der Waals surface area contributed by atoms with Crippen molar-refractivity contribution in [3.05, 3.63) is 65.9 Å². The number of H-pyrrole nitrogens is 1. The number of anilines is 1. The van der Waals surface area contributed by atoms with Gasteiger partial charge in [-0.05, 0) is 36.2 Å². The number of fused-ring (bicyclic) bond motifs is 1. The molecule has 3 aromatic rings. The van der Waals surface area contributed by atoms with E-state index in [1.807, 2.05) is 61.7 Å². The second-order valence-electron chi connectivity index (χ2n) is 6.18. The van der Waals surface area contributed by atoms with Crippen molar-refractivity contribution < 1.29 is 9.59 Å². The fourth-order valence-corrected chi connectivity index (χ4v) is 2.93. The lowest BCUT2D eigenvalue weighted by molar-refractivity contribution is -0.125. The number of hydrogen-bond acceptors (Lipinski definition) is 2. The highest BCUT2D eigenvalue weighted by atomic mass is 16.2. The van der Waals surface area contributed by atoms with Gasteiger partial charge in [-0.15, -0.1) is 0 Å². The van der Waals surface area contributed by atoms with Crippen molar-refractivity contribution in [2.24, 2.45) is 0 Å². The van der Waals surface area contributed by atoms with E-state index >= 15 is 0 Å². The lowest BCUT2D eigenvalue weighted by atomic mass is 10.0. The highest BCUT2D eigenvalue weighted by Crippen LogP contribution is 2.19. The van der Waals surface area contributed by atoms with E-state index in [0.717, 1.165) is 27.7 Å². The van der Waals surface area contributed by atoms with Crippen LogP contribution in [0, 0.1) is 6.92 Å². The number of aromatic nitrogens is 1. The molecular weight excluding hydrogens is 314 g/mol. The predicted molar refractivity (Wildman–Crippen MR) is 99.4 cm³/mol. The summed E-state index contributed by atoms with van der Waals surface area (Å²) in [7, 11) is 0. The number of aryl methyl sites for hydroxylation is 1. The van der Waals surface area contributed by atoms with Crippen LogP contribution in [0.1, 0.15) is 18.1 Å². The first kappa shape index (κ1) is 16.8. The summed E-state index contributed by atoms with van der Waals surface area (Å²) in [6.07, 6.45) is 2.31. The first-order valence-electron chi connectivity index (χ1n) is 8.22. The zero-order valence-corrected chi connectivity index (χ0v) is 14.3. The van der Waals surface area contributed by atoms with Gasteiger partial charge in [0.1, 0.15) is 6.04 Å². The number of benzene rings is 2. The normalized spacial score (nSPS) is 11.9. The molecule has 0 bridgehead atoms. The second-order valence-corrected chi connectivity index (χ2v) is 6.18. The molecule has 0 aliphatic rings. The third kappa shape index (κ3) is 4.07. The lowest BCUT2D eigenvalue weighted by Crippen LogP contribution is -2.44. The van der Waals surface area contributed by atoms with Crippen molar-refractivity contribution in [1.29, 1.82) is 0 Å². The van der Waals surface area contributed by atoms with E-state index in [1.165, 1.54) is 6.92 Å². The molecule has 0 fully saturated rings. The number of nitrogens with one attached hydrogen (secondary N) is 3. The molecule has 2 amide bonds. The molecule has 1 atom stereocenters. The van der Waals surface area contributed by atoms with Crippen LogP contribution in [0.25, 0.3) is 10.9 Å². The van der Waals surface area contributed by atoms with Gasteiger partial charge in [0.25, 0.3) is 0 Å². The van der Waals surface area contributed by atoms with Crippen molar-refractivity contribution in [2.75, 3.05) is 5.32 Å². The Hall–Kier alpha value is -3.08. The monoisotopic (exact) mass is 335 g/mol. The number of carbonyl (C=O) groups excluding carboxylic acids is 2. The fourth-order valence-electron chi connectivity index (χ4n) is 2.93. The number of rotatable bonds is 5. The Labute approximate surface area is 146 Å². The smallest absolute Gasteiger partial charge is 0.247 e. The Morgan fingerprint density at radius 3 is 2.68 bits per heavy atom. The standard InChI is InChI=1S/C20H21N3O2/c1-13-6-5-7-16(10-13)23-20(25)19(22-14(2)24)11-15-12-21-18-9-4-3-8-17(15)18/h3-10,12,19,21H,11H2,1-2H3,(H,22,24)(H,23,25)/t19-/m1/s1. The molecule has 0 spiro atoms. The van der Waals surface area contributed by atoms with Gasteiger partial charge >= 0.3 is 0 Å². The lowest BCUT2D eigenvalue weighted by Gasteiger charge is -2.17. The Morgan fingerprint density at radius 2 is 1.92 bits per heavy atom. The Bertz CT molecular complexity index is 914. The predicted octanol–water partition coefficient (Wildman–Crippen LogP) is 3.16. The molecule has 1 aromatic heterocycles. The molecule has 0 saturated heterocycles. The average Bonchev–Trinajstić information content (AvgIpc) is 2.97. The summed E-state index contributed by atoms with van der Waals surface area (Å²) in [5.41, 5.74) is 3.79. The zero-order chi connectivity index (χ0) is 17.8. The minimum Gasteiger partial charge on any atom is -0.361 e. The molecule has 5 heteroatoms. The van der Waals surface area contributed by atoms with Crippen LogP contribution in [-0.4, -0.2) is 22.8 Å². The van der Waals surface area contributed by atoms with E-state index in [2.05, 4.69) is 15.6 Å². The first-order valence-corrected chi connectivity index (χ1v) is 8.22. The van der Waals surface area contributed by atoms with E-state index in [9.17, 15) is 9.59 Å². The summed E-state index contributed by atoms with van der Waals surface area (Å²) in [5, 5.41) is 6.69. The minimum absolute atomic E-state index is 0.230. The maximum Gasteiger partial charge on any atom is 0.247 e. The van der Waals surface area contributed by atoms with Gasteiger partial charge in [0.2, 0.25) is 11.8 Å². The molecule has 25 heavy (non-hydrogen) atoms. The zero-order valence-electron chi connectivity index (χ0n) is 14.3. The molecule has 0 saturated carbocycles. The van der Waals surface area contributed by atoms with Gasteiger partial charge in [0.15, 0.2) is 0 Å². The number of amides is 2. The highest BCUT2D eigenvalue weighted by molar-refractivity contribution is 5.97. The summed E-state index contributed by atoms with van der Waals surface area (Å²) in [6.45, 7) is 3.38. The Balaban J connectivity index is 1.81. The highest BCUT2D eigenvalue weighted by Gasteiger charge is 2.21. The molecule has 2 aromatic carbocycles. The van der Waals surface area contributed by atoms with Crippen LogP contribution in [0.15, 0.2) is 54.7 Å². The summed E-state index contributed by atoms with van der Waals surface area (Å²) in [4.78, 5) is 27.4. The summed E-state index contributed by atoms with van der Waals surface area (Å²) in [5.74, 6) is -0.463. The maximum atomic E-state index is 12.7. The van der Waals surface area contributed by atoms with Crippen LogP contribution < -0.4 is 10.6 Å². The third-order valence-corrected chi connectivity index (χ3v) is 4.08. The van der Waals surface area contributed by atoms with Crippen molar-refractivity contribution >= 4 is 28.4 Å². The molecule has 3 rings (SSSR count). The number of hydrogen-bond donors (Lipinski definition) is 3. The Morgan fingerprint density at radius 1 is 1.12 bits per heavy atom. The summed E-state index contributed by atoms with van der Waals surface area (Å²) < 4.78 is 0. The van der Waals surface area contributed by atoms with Gasteiger partial charge in [-0.2, -0.15) is 0 Å². The van der Waals surface area contributed by atoms with Crippen LogP contribution in [-0.2, 0) is 16.0 Å². The van der Waals surface area contributed by atoms with Crippen LogP contribution >= 0.6 is 0 Å². The van der Waals surface area contributed by atoms with Crippen LogP contribution in [0.5, 0.6) is 0 Å². The molecule has 128 valence electrons. The molecule has 0 aliphatic carbocycles. The summed E-state index contributed by atoms with van der Waals surface area (Å²) >= 11 is 0. The van der Waals surface area contributed by atoms with E-state index in [1.54, 1.807) is 0 Å². The topological polar surface area (TPSA) is 74.0 Å². The molecular formula is C20H21N3O2. The van der Waals surface area contributed by atoms with E-state index in [0.29, 0.717) is 6.42 Å². The van der Waals surface area contributed by atoms with E-state index in [-0.39, 0.29) is 11.8 Å². The molecule has 0 unspecified atom stereocenters. The van der Waals surface area contributed by atoms with Gasteiger partial charge in [-0.1, -0.05) is 30.3 Å². The molecule has 0 aliphatic heterocycles. The first-order chi connectivity index (χ1) is 12.0. The number of carbonyl (C=O) groups is 2. The average molecular weight is 335 g/mol. The Kier molecular flexibility index (Phi) is 4.84. The minimum atomic E-state index is -0.641. The SMILES string of the molecule is CC(=O)N[C@H](Cc1c[nH]c2ccccc12)C(=O)Nc1cccc(C)c1. The molecule has 1 heterocycles. The van der Waals surface area contributed by atoms with Crippen molar-refractivity contribution in [3.63, 3.8) is 0 Å². The molecule has 5 nitrogen and oxygen atoms in total. The van der Waals surface area contributed by atoms with Gasteiger partial charge < -0.3 is 15.6 Å². The van der Waals surface area contributed by atoms with Crippen LogP contribution in [0.4, 0.5) is 5.69 Å². The molecule has 0 radical (unpaired) electrons. The quantitative estimate of drug-likeness (QED) is 0.670. The number of para-hydroxylation sites is 1. The van der Waals surface area contributed by atoms with Crippen molar-refractivity contribution in [2.45, 2.75) is 26.3 Å². The molecule has 3 N–H and O–H groups in total. The fraction of sp³-hybridized carbons (Fsp3) is 0.200. The van der Waals surface area contributed by atoms with Gasteiger partial charge in [0, 0.05) is 36.1 Å². The summed E-state index contributed by atoms with van der Waals surface area (Å²) in [6, 6.07) is 14.8. The largest absolute Gasteiger partial charge is 0.361 e. The third-order valence-electron chi connectivity index (χ3n) is 4.08. The van der Waals surface area contributed by atoms with Crippen LogP contribution in [0.2, 0.25) is 0 Å².